The first kappa shape index (κ1) is 16.9. The van der Waals surface area contributed by atoms with E-state index in [0.29, 0.717) is 17.4 Å². The number of nitrogens with zero attached hydrogens (tertiary/aromatic N) is 6. The summed E-state index contributed by atoms with van der Waals surface area (Å²) in [5.74, 6) is 1.89. The van der Waals surface area contributed by atoms with Crippen LogP contribution >= 0.6 is 0 Å². The minimum atomic E-state index is 0.332. The Balaban J connectivity index is 1.46. The van der Waals surface area contributed by atoms with Crippen molar-refractivity contribution in [3.05, 3.63) is 59.7 Å². The molecule has 1 fully saturated rings. The van der Waals surface area contributed by atoms with E-state index in [4.69, 9.17) is 5.26 Å². The number of nitrogens with one attached hydrogen (secondary N) is 1. The number of rotatable bonds is 4. The molecule has 4 aromatic rings. The number of hydrogen-bond donors (Lipinski definition) is 1. The van der Waals surface area contributed by atoms with Gasteiger partial charge in [-0.2, -0.15) is 5.26 Å². The Hall–Kier alpha value is -3.24. The highest BCUT2D eigenvalue weighted by Gasteiger charge is 2.36. The van der Waals surface area contributed by atoms with Crippen LogP contribution in [0.3, 0.4) is 0 Å². The highest BCUT2D eigenvalue weighted by atomic mass is 15.3. The summed E-state index contributed by atoms with van der Waals surface area (Å²) >= 11 is 0. The average molecular weight is 371 g/mol. The maximum absolute atomic E-state index is 8.98. The molecule has 7 heteroatoms. The van der Waals surface area contributed by atoms with Crippen LogP contribution in [0.1, 0.15) is 36.2 Å². The lowest BCUT2D eigenvalue weighted by atomic mass is 9.93. The number of aromatic nitrogens is 5. The van der Waals surface area contributed by atoms with Gasteiger partial charge in [0.1, 0.15) is 5.82 Å². The summed E-state index contributed by atoms with van der Waals surface area (Å²) in [6.45, 7) is 5.13. The topological polar surface area (TPSA) is 85.9 Å². The van der Waals surface area contributed by atoms with Crippen molar-refractivity contribution in [2.24, 2.45) is 5.92 Å². The molecule has 3 aromatic heterocycles. The van der Waals surface area contributed by atoms with Gasteiger partial charge in [0.2, 0.25) is 0 Å². The monoisotopic (exact) mass is 371 g/mol. The predicted octanol–water partition coefficient (Wildman–Crippen LogP) is 3.10. The second kappa shape index (κ2) is 6.73. The van der Waals surface area contributed by atoms with E-state index < -0.39 is 0 Å². The summed E-state index contributed by atoms with van der Waals surface area (Å²) in [6.07, 6.45) is 4.79. The van der Waals surface area contributed by atoms with Gasteiger partial charge in [0, 0.05) is 31.7 Å². The number of fused-ring (bicyclic) bond motifs is 3. The maximum atomic E-state index is 8.98. The Morgan fingerprint density at radius 3 is 2.82 bits per heavy atom. The molecule has 1 N–H and O–H groups in total. The van der Waals surface area contributed by atoms with Crippen LogP contribution in [0.25, 0.3) is 16.8 Å². The molecule has 2 unspecified atom stereocenters. The number of nitriles is 1. The van der Waals surface area contributed by atoms with E-state index in [1.54, 1.807) is 6.20 Å². The second-order valence-corrected chi connectivity index (χ2v) is 7.50. The molecular weight excluding hydrogens is 350 g/mol. The lowest BCUT2D eigenvalue weighted by Crippen LogP contribution is -2.20. The molecule has 0 spiro atoms. The first-order valence-corrected chi connectivity index (χ1v) is 9.65. The molecule has 1 aromatic carbocycles. The van der Waals surface area contributed by atoms with Crippen LogP contribution in [0, 0.1) is 17.2 Å². The van der Waals surface area contributed by atoms with Crippen molar-refractivity contribution in [2.45, 2.75) is 25.8 Å². The van der Waals surface area contributed by atoms with Crippen molar-refractivity contribution in [1.29, 1.82) is 5.26 Å². The fourth-order valence-electron chi connectivity index (χ4n) is 4.38. The third-order valence-electron chi connectivity index (χ3n) is 5.83. The van der Waals surface area contributed by atoms with Gasteiger partial charge in [-0.3, -0.25) is 9.30 Å². The standard InChI is InChI=1S/C21H21N7/c1-2-16-12-27(11-15-5-3-14(9-22)4-6-15)13-17(16)21-26-25-19-10-24-20-18(28(19)21)7-8-23-20/h3-8,10,16-17,23H,2,11-13H2,1H3. The highest BCUT2D eigenvalue weighted by Crippen LogP contribution is 2.35. The zero-order valence-electron chi connectivity index (χ0n) is 15.7. The maximum Gasteiger partial charge on any atom is 0.179 e. The summed E-state index contributed by atoms with van der Waals surface area (Å²) < 4.78 is 2.15. The lowest BCUT2D eigenvalue weighted by molar-refractivity contribution is 0.314. The molecular formula is C21H21N7. The van der Waals surface area contributed by atoms with E-state index in [-0.39, 0.29) is 0 Å². The minimum Gasteiger partial charge on any atom is -0.345 e. The number of H-pyrrole nitrogens is 1. The first-order valence-electron chi connectivity index (χ1n) is 9.65. The van der Waals surface area contributed by atoms with Gasteiger partial charge in [-0.25, -0.2) is 4.98 Å². The van der Waals surface area contributed by atoms with Gasteiger partial charge < -0.3 is 4.98 Å². The molecule has 2 atom stereocenters. The fraction of sp³-hybridized carbons (Fsp3) is 0.333. The Kier molecular flexibility index (Phi) is 4.06. The van der Waals surface area contributed by atoms with E-state index in [1.165, 1.54) is 5.56 Å². The van der Waals surface area contributed by atoms with Gasteiger partial charge >= 0.3 is 0 Å². The van der Waals surface area contributed by atoms with Crippen molar-refractivity contribution in [3.8, 4) is 6.07 Å². The Morgan fingerprint density at radius 1 is 1.18 bits per heavy atom. The summed E-state index contributed by atoms with van der Waals surface area (Å²) in [5, 5.41) is 17.9. The molecule has 28 heavy (non-hydrogen) atoms. The van der Waals surface area contributed by atoms with Crippen LogP contribution in [0.4, 0.5) is 0 Å². The Bertz CT molecular complexity index is 1170. The third-order valence-corrected chi connectivity index (χ3v) is 5.83. The summed E-state index contributed by atoms with van der Waals surface area (Å²) in [7, 11) is 0. The van der Waals surface area contributed by atoms with Gasteiger partial charge in [0.05, 0.1) is 23.3 Å². The second-order valence-electron chi connectivity index (χ2n) is 7.50. The fourth-order valence-corrected chi connectivity index (χ4v) is 4.38. The Labute approximate surface area is 162 Å². The molecule has 0 radical (unpaired) electrons. The molecule has 140 valence electrons. The molecule has 1 aliphatic heterocycles. The summed E-state index contributed by atoms with van der Waals surface area (Å²) in [4.78, 5) is 10.1. The van der Waals surface area contributed by atoms with E-state index in [2.05, 4.69) is 42.5 Å². The zero-order valence-corrected chi connectivity index (χ0v) is 15.7. The van der Waals surface area contributed by atoms with Gasteiger partial charge in [-0.15, -0.1) is 10.2 Å². The average Bonchev–Trinajstić information content (AvgIpc) is 3.45. The van der Waals surface area contributed by atoms with Crippen molar-refractivity contribution in [2.75, 3.05) is 13.1 Å². The number of benzene rings is 1. The Morgan fingerprint density at radius 2 is 2.04 bits per heavy atom. The first-order chi connectivity index (χ1) is 13.8. The molecule has 1 aliphatic rings. The summed E-state index contributed by atoms with van der Waals surface area (Å²) in [5.41, 5.74) is 4.61. The van der Waals surface area contributed by atoms with E-state index in [9.17, 15) is 0 Å². The molecule has 4 heterocycles. The third kappa shape index (κ3) is 2.74. The quantitative estimate of drug-likeness (QED) is 0.596. The molecule has 0 bridgehead atoms. The van der Waals surface area contributed by atoms with Gasteiger partial charge in [0.15, 0.2) is 11.3 Å². The summed E-state index contributed by atoms with van der Waals surface area (Å²) in [6, 6.07) is 12.1. The normalized spacial score (nSPS) is 20.1. The smallest absolute Gasteiger partial charge is 0.179 e. The molecule has 1 saturated heterocycles. The van der Waals surface area contributed by atoms with Gasteiger partial charge in [-0.1, -0.05) is 25.5 Å². The molecule has 5 rings (SSSR count). The van der Waals surface area contributed by atoms with E-state index in [1.807, 2.05) is 36.5 Å². The van der Waals surface area contributed by atoms with Crippen molar-refractivity contribution in [1.82, 2.24) is 29.5 Å². The number of hydrogen-bond acceptors (Lipinski definition) is 5. The SMILES string of the molecule is CCC1CN(Cc2ccc(C#N)cc2)CC1c1nnc2cnc3[nH]ccc3n12. The van der Waals surface area contributed by atoms with Crippen molar-refractivity contribution >= 4 is 16.8 Å². The van der Waals surface area contributed by atoms with Crippen LogP contribution in [0.2, 0.25) is 0 Å². The molecule has 0 saturated carbocycles. The molecule has 7 nitrogen and oxygen atoms in total. The van der Waals surface area contributed by atoms with Crippen LogP contribution in [0.5, 0.6) is 0 Å². The van der Waals surface area contributed by atoms with E-state index >= 15 is 0 Å². The number of likely N-dealkylation sites (tertiary alicyclic amines) is 1. The van der Waals surface area contributed by atoms with Crippen molar-refractivity contribution < 1.29 is 0 Å². The minimum absolute atomic E-state index is 0.332. The van der Waals surface area contributed by atoms with Gasteiger partial charge in [0.25, 0.3) is 0 Å². The van der Waals surface area contributed by atoms with Crippen LogP contribution in [-0.4, -0.2) is 42.6 Å². The number of aromatic amines is 1. The van der Waals surface area contributed by atoms with Crippen LogP contribution in [0.15, 0.2) is 42.7 Å². The van der Waals surface area contributed by atoms with Crippen LogP contribution < -0.4 is 0 Å². The van der Waals surface area contributed by atoms with Crippen molar-refractivity contribution in [3.63, 3.8) is 0 Å². The predicted molar refractivity (Wildman–Crippen MR) is 106 cm³/mol. The largest absolute Gasteiger partial charge is 0.345 e. The van der Waals surface area contributed by atoms with Crippen LogP contribution in [-0.2, 0) is 6.54 Å². The zero-order chi connectivity index (χ0) is 19.1. The molecule has 0 aliphatic carbocycles. The lowest BCUT2D eigenvalue weighted by Gasteiger charge is -2.15. The van der Waals surface area contributed by atoms with Gasteiger partial charge in [-0.05, 0) is 29.7 Å². The van der Waals surface area contributed by atoms with E-state index in [0.717, 1.165) is 48.7 Å². The highest BCUT2D eigenvalue weighted by molar-refractivity contribution is 5.74. The molecule has 0 amide bonds.